The number of nitrogens with two attached hydrogens (primary N) is 1. The summed E-state index contributed by atoms with van der Waals surface area (Å²) in [7, 11) is 0. The van der Waals surface area contributed by atoms with Gasteiger partial charge in [-0.2, -0.15) is 0 Å². The number of hydrogen-bond acceptors (Lipinski definition) is 4. The molecule has 0 bridgehead atoms. The fourth-order valence-corrected chi connectivity index (χ4v) is 2.00. The van der Waals surface area contributed by atoms with Crippen LogP contribution < -0.4 is 5.73 Å². The Bertz CT molecular complexity index is 336. The maximum absolute atomic E-state index is 9.81. The van der Waals surface area contributed by atoms with Crippen molar-refractivity contribution in [2.24, 2.45) is 0 Å². The first-order valence-electron chi connectivity index (χ1n) is 4.39. The molecule has 4 N–H and O–H groups in total. The smallest absolute Gasteiger partial charge is 0.129 e. The summed E-state index contributed by atoms with van der Waals surface area (Å²) in [5.74, 6) is 0.235. The molecule has 0 saturated heterocycles. The van der Waals surface area contributed by atoms with Gasteiger partial charge in [0.1, 0.15) is 11.9 Å². The SMILES string of the molecule is Nc1ncc(Br)cc1C(O)C(O)CCBr. The number of pyridine rings is 1. The number of halogens is 2. The number of nitrogens with zero attached hydrogens (tertiary/aromatic N) is 1. The van der Waals surface area contributed by atoms with Crippen LogP contribution in [-0.4, -0.2) is 26.6 Å². The molecule has 0 spiro atoms. The molecule has 1 heterocycles. The Labute approximate surface area is 105 Å². The molecule has 84 valence electrons. The standard InChI is InChI=1S/C9H12Br2N2O2/c10-2-1-7(14)8(15)6-3-5(11)4-13-9(6)12/h3-4,7-8,14-15H,1-2H2,(H2,12,13). The van der Waals surface area contributed by atoms with Crippen LogP contribution in [0.25, 0.3) is 0 Å². The van der Waals surface area contributed by atoms with Crippen molar-refractivity contribution in [2.45, 2.75) is 18.6 Å². The molecule has 0 fully saturated rings. The highest BCUT2D eigenvalue weighted by Gasteiger charge is 2.20. The quantitative estimate of drug-likeness (QED) is 0.728. The van der Waals surface area contributed by atoms with Gasteiger partial charge in [0, 0.05) is 21.6 Å². The first-order valence-corrected chi connectivity index (χ1v) is 6.30. The predicted octanol–water partition coefficient (Wildman–Crippen LogP) is 1.61. The van der Waals surface area contributed by atoms with E-state index in [-0.39, 0.29) is 5.82 Å². The van der Waals surface area contributed by atoms with Gasteiger partial charge in [-0.25, -0.2) is 4.98 Å². The molecule has 0 aliphatic heterocycles. The molecule has 0 radical (unpaired) electrons. The summed E-state index contributed by atoms with van der Waals surface area (Å²) in [4.78, 5) is 3.89. The minimum atomic E-state index is -1.01. The fourth-order valence-electron chi connectivity index (χ4n) is 1.18. The van der Waals surface area contributed by atoms with E-state index in [1.54, 1.807) is 12.3 Å². The lowest BCUT2D eigenvalue weighted by molar-refractivity contribution is 0.0176. The second kappa shape index (κ2) is 5.79. The van der Waals surface area contributed by atoms with Crippen LogP contribution in [0.3, 0.4) is 0 Å². The molecule has 15 heavy (non-hydrogen) atoms. The molecule has 1 rings (SSSR count). The molecule has 6 heteroatoms. The predicted molar refractivity (Wildman–Crippen MR) is 65.7 cm³/mol. The number of anilines is 1. The summed E-state index contributed by atoms with van der Waals surface area (Å²) >= 11 is 6.43. The van der Waals surface area contributed by atoms with Crippen LogP contribution >= 0.6 is 31.9 Å². The largest absolute Gasteiger partial charge is 0.390 e. The molecule has 0 amide bonds. The van der Waals surface area contributed by atoms with Crippen molar-refractivity contribution >= 4 is 37.7 Å². The van der Waals surface area contributed by atoms with Crippen LogP contribution in [-0.2, 0) is 0 Å². The monoisotopic (exact) mass is 338 g/mol. The second-order valence-corrected chi connectivity index (χ2v) is 4.83. The number of aliphatic hydroxyl groups excluding tert-OH is 2. The molecule has 0 aliphatic rings. The third kappa shape index (κ3) is 3.41. The molecule has 0 aliphatic carbocycles. The molecular formula is C9H12Br2N2O2. The normalized spacial score (nSPS) is 14.9. The average Bonchev–Trinajstić information content (AvgIpc) is 2.21. The van der Waals surface area contributed by atoms with Crippen molar-refractivity contribution < 1.29 is 10.2 Å². The van der Waals surface area contributed by atoms with Gasteiger partial charge in [0.15, 0.2) is 0 Å². The van der Waals surface area contributed by atoms with Gasteiger partial charge >= 0.3 is 0 Å². The number of aliphatic hydroxyl groups is 2. The number of alkyl halides is 1. The Morgan fingerprint density at radius 3 is 2.73 bits per heavy atom. The minimum Gasteiger partial charge on any atom is -0.390 e. The number of aromatic nitrogens is 1. The fraction of sp³-hybridized carbons (Fsp3) is 0.444. The van der Waals surface area contributed by atoms with Crippen LogP contribution in [0.2, 0.25) is 0 Å². The Balaban J connectivity index is 2.89. The van der Waals surface area contributed by atoms with Crippen LogP contribution in [0, 0.1) is 0 Å². The van der Waals surface area contributed by atoms with Gasteiger partial charge in [0.05, 0.1) is 6.10 Å². The zero-order valence-corrected chi connectivity index (χ0v) is 11.1. The van der Waals surface area contributed by atoms with E-state index in [9.17, 15) is 10.2 Å². The van der Waals surface area contributed by atoms with Crippen LogP contribution in [0.4, 0.5) is 5.82 Å². The van der Waals surface area contributed by atoms with E-state index in [2.05, 4.69) is 36.8 Å². The molecule has 0 aromatic carbocycles. The zero-order valence-electron chi connectivity index (χ0n) is 7.90. The van der Waals surface area contributed by atoms with E-state index < -0.39 is 12.2 Å². The maximum atomic E-state index is 9.81. The number of nitrogen functional groups attached to an aromatic ring is 1. The van der Waals surface area contributed by atoms with Crippen molar-refractivity contribution in [1.82, 2.24) is 4.98 Å². The van der Waals surface area contributed by atoms with Crippen molar-refractivity contribution in [3.05, 3.63) is 22.3 Å². The lowest BCUT2D eigenvalue weighted by Crippen LogP contribution is -2.20. The van der Waals surface area contributed by atoms with Crippen LogP contribution in [0.15, 0.2) is 16.7 Å². The van der Waals surface area contributed by atoms with Gasteiger partial charge in [-0.05, 0) is 28.4 Å². The van der Waals surface area contributed by atoms with Crippen LogP contribution in [0.5, 0.6) is 0 Å². The van der Waals surface area contributed by atoms with E-state index in [0.29, 0.717) is 17.3 Å². The van der Waals surface area contributed by atoms with E-state index in [4.69, 9.17) is 5.73 Å². The Kier molecular flexibility index (Phi) is 4.98. The average molecular weight is 340 g/mol. The van der Waals surface area contributed by atoms with Crippen molar-refractivity contribution in [3.8, 4) is 0 Å². The molecule has 2 atom stereocenters. The molecule has 2 unspecified atom stereocenters. The Morgan fingerprint density at radius 1 is 1.47 bits per heavy atom. The maximum Gasteiger partial charge on any atom is 0.129 e. The second-order valence-electron chi connectivity index (χ2n) is 3.12. The van der Waals surface area contributed by atoms with E-state index in [1.807, 2.05) is 0 Å². The molecule has 0 saturated carbocycles. The molecule has 4 nitrogen and oxygen atoms in total. The zero-order chi connectivity index (χ0) is 11.4. The highest BCUT2D eigenvalue weighted by Crippen LogP contribution is 2.26. The summed E-state index contributed by atoms with van der Waals surface area (Å²) in [6, 6.07) is 1.66. The third-order valence-corrected chi connectivity index (χ3v) is 2.90. The van der Waals surface area contributed by atoms with Gasteiger partial charge in [-0.15, -0.1) is 0 Å². The minimum absolute atomic E-state index is 0.235. The van der Waals surface area contributed by atoms with Gasteiger partial charge in [0.25, 0.3) is 0 Å². The molecular weight excluding hydrogens is 328 g/mol. The van der Waals surface area contributed by atoms with Gasteiger partial charge < -0.3 is 15.9 Å². The number of rotatable bonds is 4. The number of hydrogen-bond donors (Lipinski definition) is 3. The van der Waals surface area contributed by atoms with Gasteiger partial charge in [-0.3, -0.25) is 0 Å². The van der Waals surface area contributed by atoms with Crippen molar-refractivity contribution in [1.29, 1.82) is 0 Å². The highest BCUT2D eigenvalue weighted by atomic mass is 79.9. The summed E-state index contributed by atoms with van der Waals surface area (Å²) in [5.41, 5.74) is 6.05. The highest BCUT2D eigenvalue weighted by molar-refractivity contribution is 9.10. The van der Waals surface area contributed by atoms with Gasteiger partial charge in [0.2, 0.25) is 0 Å². The lowest BCUT2D eigenvalue weighted by Gasteiger charge is -2.18. The Morgan fingerprint density at radius 2 is 2.13 bits per heavy atom. The Hall–Kier alpha value is -0.170. The van der Waals surface area contributed by atoms with E-state index in [1.165, 1.54) is 0 Å². The first-order chi connectivity index (χ1) is 7.06. The van der Waals surface area contributed by atoms with Crippen molar-refractivity contribution in [3.63, 3.8) is 0 Å². The molecule has 1 aromatic rings. The summed E-state index contributed by atoms with van der Waals surface area (Å²) in [6.45, 7) is 0. The van der Waals surface area contributed by atoms with Crippen molar-refractivity contribution in [2.75, 3.05) is 11.1 Å². The lowest BCUT2D eigenvalue weighted by atomic mass is 10.0. The summed E-state index contributed by atoms with van der Waals surface area (Å²) < 4.78 is 0.719. The summed E-state index contributed by atoms with van der Waals surface area (Å²) in [5, 5.41) is 20.0. The van der Waals surface area contributed by atoms with Crippen LogP contribution in [0.1, 0.15) is 18.1 Å². The van der Waals surface area contributed by atoms with E-state index in [0.717, 1.165) is 4.47 Å². The summed E-state index contributed by atoms with van der Waals surface area (Å²) in [6.07, 6.45) is 0.144. The third-order valence-electron chi connectivity index (χ3n) is 2.00. The topological polar surface area (TPSA) is 79.4 Å². The first kappa shape index (κ1) is 12.9. The molecule has 1 aromatic heterocycles. The van der Waals surface area contributed by atoms with E-state index >= 15 is 0 Å². The van der Waals surface area contributed by atoms with Gasteiger partial charge in [-0.1, -0.05) is 15.9 Å².